The molecule has 0 radical (unpaired) electrons. The fourth-order valence-corrected chi connectivity index (χ4v) is 2.93. The molecule has 2 atom stereocenters. The first kappa shape index (κ1) is 10.4. The molecule has 15 heavy (non-hydrogen) atoms. The molecule has 0 spiro atoms. The molecule has 2 rings (SSSR count). The van der Waals surface area contributed by atoms with Crippen molar-refractivity contribution >= 4 is 17.2 Å². The third kappa shape index (κ3) is 1.97. The molecular formula is C12H15NOS. The Bertz CT molecular complexity index is 371. The van der Waals surface area contributed by atoms with Gasteiger partial charge in [-0.1, -0.05) is 19.6 Å². The van der Waals surface area contributed by atoms with E-state index >= 15 is 0 Å². The summed E-state index contributed by atoms with van der Waals surface area (Å²) >= 11 is 1.80. The number of nitrogens with one attached hydrogen (secondary N) is 1. The van der Waals surface area contributed by atoms with Crippen LogP contribution in [0.3, 0.4) is 0 Å². The van der Waals surface area contributed by atoms with Crippen LogP contribution >= 0.6 is 11.3 Å². The molecule has 3 heteroatoms. The van der Waals surface area contributed by atoms with Gasteiger partial charge in [0.25, 0.3) is 0 Å². The maximum absolute atomic E-state index is 11.0. The monoisotopic (exact) mass is 221 g/mol. The standard InChI is InChI=1S/C12H15NOS/c1-3-11(14)13-8-9-7-12(9,2)10-5-4-6-15-10/h3-6,9H,1,7-8H2,2H3,(H,13,14)/t9-,12+/m1/s1. The molecule has 1 saturated carbocycles. The lowest BCUT2D eigenvalue weighted by Gasteiger charge is -2.08. The van der Waals surface area contributed by atoms with Gasteiger partial charge in [-0.2, -0.15) is 0 Å². The van der Waals surface area contributed by atoms with Gasteiger partial charge < -0.3 is 5.32 Å². The molecule has 0 aliphatic heterocycles. The molecule has 0 saturated heterocycles. The average Bonchev–Trinajstić information content (AvgIpc) is 2.72. The predicted molar refractivity (Wildman–Crippen MR) is 63.0 cm³/mol. The molecule has 0 bridgehead atoms. The topological polar surface area (TPSA) is 29.1 Å². The van der Waals surface area contributed by atoms with Crippen molar-refractivity contribution in [2.75, 3.05) is 6.54 Å². The SMILES string of the molecule is C=CC(=O)NC[C@H]1C[C@]1(C)c1cccs1. The van der Waals surface area contributed by atoms with Crippen molar-refractivity contribution < 1.29 is 4.79 Å². The van der Waals surface area contributed by atoms with E-state index in [2.05, 4.69) is 36.3 Å². The molecule has 1 aromatic heterocycles. The third-order valence-electron chi connectivity index (χ3n) is 3.20. The summed E-state index contributed by atoms with van der Waals surface area (Å²) < 4.78 is 0. The van der Waals surface area contributed by atoms with E-state index in [4.69, 9.17) is 0 Å². The normalized spacial score (nSPS) is 28.5. The summed E-state index contributed by atoms with van der Waals surface area (Å²) in [5, 5.41) is 4.97. The fourth-order valence-electron chi connectivity index (χ4n) is 1.95. The number of rotatable bonds is 4. The highest BCUT2D eigenvalue weighted by Crippen LogP contribution is 2.54. The van der Waals surface area contributed by atoms with E-state index < -0.39 is 0 Å². The molecule has 1 aliphatic carbocycles. The third-order valence-corrected chi connectivity index (χ3v) is 4.35. The van der Waals surface area contributed by atoms with Crippen molar-refractivity contribution in [3.05, 3.63) is 35.0 Å². The molecule has 1 heterocycles. The second kappa shape index (κ2) is 3.81. The van der Waals surface area contributed by atoms with Crippen LogP contribution in [0.15, 0.2) is 30.2 Å². The molecule has 1 N–H and O–H groups in total. The van der Waals surface area contributed by atoms with Gasteiger partial charge >= 0.3 is 0 Å². The second-order valence-electron chi connectivity index (χ2n) is 4.25. The van der Waals surface area contributed by atoms with Crippen molar-refractivity contribution in [1.29, 1.82) is 0 Å². The summed E-state index contributed by atoms with van der Waals surface area (Å²) in [6.07, 6.45) is 2.50. The van der Waals surface area contributed by atoms with E-state index in [0.29, 0.717) is 11.3 Å². The van der Waals surface area contributed by atoms with Crippen molar-refractivity contribution in [3.63, 3.8) is 0 Å². The van der Waals surface area contributed by atoms with Crippen LogP contribution in [0.2, 0.25) is 0 Å². The molecule has 1 fully saturated rings. The minimum atomic E-state index is -0.0737. The summed E-state index contributed by atoms with van der Waals surface area (Å²) in [6.45, 7) is 6.47. The highest BCUT2D eigenvalue weighted by molar-refractivity contribution is 7.10. The van der Waals surface area contributed by atoms with Crippen LogP contribution in [0.5, 0.6) is 0 Å². The smallest absolute Gasteiger partial charge is 0.243 e. The Kier molecular flexibility index (Phi) is 2.65. The Morgan fingerprint density at radius 1 is 1.87 bits per heavy atom. The van der Waals surface area contributed by atoms with Crippen LogP contribution in [-0.4, -0.2) is 12.5 Å². The quantitative estimate of drug-likeness (QED) is 0.777. The predicted octanol–water partition coefficient (Wildman–Crippen LogP) is 2.33. The zero-order valence-corrected chi connectivity index (χ0v) is 9.64. The van der Waals surface area contributed by atoms with E-state index in [0.717, 1.165) is 6.54 Å². The zero-order valence-electron chi connectivity index (χ0n) is 8.82. The van der Waals surface area contributed by atoms with Gasteiger partial charge in [-0.3, -0.25) is 4.79 Å². The van der Waals surface area contributed by atoms with Crippen molar-refractivity contribution in [2.45, 2.75) is 18.8 Å². The maximum atomic E-state index is 11.0. The Balaban J connectivity index is 1.90. The molecular weight excluding hydrogens is 206 g/mol. The number of thiophene rings is 1. The van der Waals surface area contributed by atoms with Gasteiger partial charge in [-0.05, 0) is 29.9 Å². The van der Waals surface area contributed by atoms with Crippen LogP contribution in [0.1, 0.15) is 18.2 Å². The average molecular weight is 221 g/mol. The summed E-state index contributed by atoms with van der Waals surface area (Å²) in [7, 11) is 0. The zero-order chi connectivity index (χ0) is 10.9. The van der Waals surface area contributed by atoms with Crippen LogP contribution in [0.25, 0.3) is 0 Å². The van der Waals surface area contributed by atoms with Gasteiger partial charge in [-0.25, -0.2) is 0 Å². The minimum absolute atomic E-state index is 0.0737. The molecule has 1 aliphatic rings. The highest BCUT2D eigenvalue weighted by atomic mass is 32.1. The van der Waals surface area contributed by atoms with Crippen molar-refractivity contribution in [2.24, 2.45) is 5.92 Å². The first-order chi connectivity index (χ1) is 7.16. The van der Waals surface area contributed by atoms with Crippen LogP contribution < -0.4 is 5.32 Å². The van der Waals surface area contributed by atoms with Crippen LogP contribution in [0, 0.1) is 5.92 Å². The van der Waals surface area contributed by atoms with Gasteiger partial charge in [-0.15, -0.1) is 11.3 Å². The molecule has 1 amide bonds. The number of hydrogen-bond acceptors (Lipinski definition) is 2. The Morgan fingerprint density at radius 3 is 3.27 bits per heavy atom. The summed E-state index contributed by atoms with van der Waals surface area (Å²) in [6, 6.07) is 4.27. The second-order valence-corrected chi connectivity index (χ2v) is 5.19. The number of carbonyl (C=O) groups excluding carboxylic acids is 1. The highest BCUT2D eigenvalue weighted by Gasteiger charge is 2.51. The molecule has 2 nitrogen and oxygen atoms in total. The van der Waals surface area contributed by atoms with E-state index in [9.17, 15) is 4.79 Å². The Morgan fingerprint density at radius 2 is 2.67 bits per heavy atom. The first-order valence-corrected chi connectivity index (χ1v) is 5.99. The summed E-state index contributed by atoms with van der Waals surface area (Å²) in [5.41, 5.74) is 0.294. The number of hydrogen-bond donors (Lipinski definition) is 1. The summed E-state index contributed by atoms with van der Waals surface area (Å²) in [4.78, 5) is 12.4. The lowest BCUT2D eigenvalue weighted by molar-refractivity contribution is -0.116. The van der Waals surface area contributed by atoms with Gasteiger partial charge in [0, 0.05) is 16.8 Å². The van der Waals surface area contributed by atoms with E-state index in [-0.39, 0.29) is 5.91 Å². The molecule has 1 aromatic rings. The Labute approximate surface area is 94.0 Å². The van der Waals surface area contributed by atoms with Gasteiger partial charge in [0.05, 0.1) is 0 Å². The number of carbonyl (C=O) groups is 1. The molecule has 0 aromatic carbocycles. The molecule has 80 valence electrons. The first-order valence-electron chi connectivity index (χ1n) is 5.11. The van der Waals surface area contributed by atoms with Crippen molar-refractivity contribution in [3.8, 4) is 0 Å². The van der Waals surface area contributed by atoms with E-state index in [1.54, 1.807) is 11.3 Å². The minimum Gasteiger partial charge on any atom is -0.352 e. The van der Waals surface area contributed by atoms with E-state index in [1.165, 1.54) is 17.4 Å². The van der Waals surface area contributed by atoms with Gasteiger partial charge in [0.15, 0.2) is 0 Å². The van der Waals surface area contributed by atoms with Crippen molar-refractivity contribution in [1.82, 2.24) is 5.32 Å². The Hall–Kier alpha value is -1.09. The maximum Gasteiger partial charge on any atom is 0.243 e. The fraction of sp³-hybridized carbons (Fsp3) is 0.417. The van der Waals surface area contributed by atoms with E-state index in [1.807, 2.05) is 0 Å². The lowest BCUT2D eigenvalue weighted by Crippen LogP contribution is -2.25. The lowest BCUT2D eigenvalue weighted by atomic mass is 10.0. The van der Waals surface area contributed by atoms with Gasteiger partial charge in [0.2, 0.25) is 5.91 Å². The number of amides is 1. The summed E-state index contributed by atoms with van der Waals surface area (Å²) in [5.74, 6) is 0.510. The van der Waals surface area contributed by atoms with Crippen LogP contribution in [-0.2, 0) is 10.2 Å². The largest absolute Gasteiger partial charge is 0.352 e. The van der Waals surface area contributed by atoms with Gasteiger partial charge in [0.1, 0.15) is 0 Å². The molecule has 0 unspecified atom stereocenters. The van der Waals surface area contributed by atoms with Crippen LogP contribution in [0.4, 0.5) is 0 Å².